The van der Waals surface area contributed by atoms with Crippen LogP contribution in [0, 0.1) is 12.8 Å². The van der Waals surface area contributed by atoms with E-state index >= 15 is 0 Å². The molecule has 7 amide bonds. The van der Waals surface area contributed by atoms with Crippen LogP contribution in [0.15, 0.2) is 150 Å². The lowest BCUT2D eigenvalue weighted by atomic mass is 10.0. The fourth-order valence-corrected chi connectivity index (χ4v) is 11.0. The molecule has 0 aliphatic heterocycles. The Hall–Kier alpha value is -9.57. The average molecular weight is 1380 g/mol. The van der Waals surface area contributed by atoms with Crippen molar-refractivity contribution in [2.45, 2.75) is 153 Å². The first-order valence-electron chi connectivity index (χ1n) is 30.7. The number of nitrogens with one attached hydrogen (secondary N) is 7. The van der Waals surface area contributed by atoms with Gasteiger partial charge in [0.05, 0.1) is 29.9 Å². The van der Waals surface area contributed by atoms with Crippen molar-refractivity contribution in [3.63, 3.8) is 0 Å². The number of hydrogen-bond acceptors (Lipinski definition) is 15. The predicted molar refractivity (Wildman–Crippen MR) is 359 cm³/mol. The lowest BCUT2D eigenvalue weighted by molar-refractivity contribution is -0.142. The number of carbonyl (C=O) groups is 8. The first-order valence-corrected chi connectivity index (χ1v) is 33.0. The number of primary amides is 1. The average Bonchev–Trinajstić information content (AvgIpc) is 0.937. The first kappa shape index (κ1) is 75.5. The van der Waals surface area contributed by atoms with Gasteiger partial charge in [-0.05, 0) is 106 Å². The lowest BCUT2D eigenvalue weighted by Gasteiger charge is -2.28. The Kier molecular flexibility index (Phi) is 28.6. The zero-order valence-electron chi connectivity index (χ0n) is 54.0. The molecule has 6 atom stereocenters. The van der Waals surface area contributed by atoms with Crippen LogP contribution >= 0.6 is 23.2 Å². The second-order valence-electron chi connectivity index (χ2n) is 24.0. The summed E-state index contributed by atoms with van der Waals surface area (Å²) in [5.74, 6) is -7.74. The van der Waals surface area contributed by atoms with Crippen LogP contribution in [-0.4, -0.2) is 125 Å². The Labute approximate surface area is 567 Å². The van der Waals surface area contributed by atoms with E-state index in [-0.39, 0.29) is 69.2 Å². The monoisotopic (exact) mass is 1380 g/mol. The van der Waals surface area contributed by atoms with Crippen LogP contribution in [0.1, 0.15) is 93.8 Å². The van der Waals surface area contributed by atoms with Crippen molar-refractivity contribution in [2.75, 3.05) is 6.54 Å². The third-order valence-electron chi connectivity index (χ3n) is 14.3. The molecule has 0 radical (unpaired) electrons. The first-order chi connectivity index (χ1) is 45.5. The molecule has 0 saturated heterocycles. The third-order valence-corrected chi connectivity index (χ3v) is 16.4. The molecule has 0 aliphatic carbocycles. The van der Waals surface area contributed by atoms with Crippen molar-refractivity contribution < 1.29 is 66.1 Å². The fourth-order valence-electron chi connectivity index (χ4n) is 9.52. The molecule has 1 aromatic heterocycles. The SMILES string of the molecule is Cc1ccc(S(=O)(=O)NC(N)=NCCC[C@H](NC(=O)C(CC(N)=O)NC(=O)[C@H](Cc2ccccc2)NC(=O)[C@H](Cc2cn(COCc3ccccc3)cn2)NC(=O)OC(C)(C)C)C(=O)N[C@@H](Cc2ccc(OCc3c(Cl)cccc3Cl)cc2)C(=O)N[C@@H](CC(C)C)C(=O)O)cc1. The molecule has 96 heavy (non-hydrogen) atoms. The summed E-state index contributed by atoms with van der Waals surface area (Å²) in [5, 5.41) is 26.5. The van der Waals surface area contributed by atoms with E-state index in [2.05, 4.69) is 46.6 Å². The van der Waals surface area contributed by atoms with Gasteiger partial charge < -0.3 is 67.3 Å². The number of halogens is 2. The topological polar surface area (TPSA) is 385 Å². The number of imidazole rings is 1. The van der Waals surface area contributed by atoms with Crippen LogP contribution < -0.4 is 52.8 Å². The number of carbonyl (C=O) groups excluding carboxylic acids is 7. The van der Waals surface area contributed by atoms with Gasteiger partial charge in [-0.1, -0.05) is 134 Å². The number of ether oxygens (including phenoxy) is 3. The smallest absolute Gasteiger partial charge is 0.408 e. The molecule has 26 nitrogen and oxygen atoms in total. The van der Waals surface area contributed by atoms with Gasteiger partial charge >= 0.3 is 12.1 Å². The molecule has 0 saturated carbocycles. The van der Waals surface area contributed by atoms with Gasteiger partial charge in [0, 0.05) is 47.6 Å². The Morgan fingerprint density at radius 1 is 0.635 bits per heavy atom. The van der Waals surface area contributed by atoms with E-state index in [1.807, 2.05) is 30.3 Å². The quantitative estimate of drug-likeness (QED) is 0.0130. The third kappa shape index (κ3) is 25.6. The summed E-state index contributed by atoms with van der Waals surface area (Å²) >= 11 is 12.7. The number of guanidine groups is 1. The van der Waals surface area contributed by atoms with E-state index in [4.69, 9.17) is 48.9 Å². The van der Waals surface area contributed by atoms with Crippen LogP contribution in [0.25, 0.3) is 0 Å². The molecule has 0 fully saturated rings. The molecular formula is C67H82Cl2N12O14S. The van der Waals surface area contributed by atoms with Gasteiger partial charge in [-0.2, -0.15) is 0 Å². The number of nitrogens with zero attached hydrogens (tertiary/aromatic N) is 3. The van der Waals surface area contributed by atoms with E-state index in [1.54, 1.807) is 137 Å². The van der Waals surface area contributed by atoms with Gasteiger partial charge in [0.2, 0.25) is 41.4 Å². The second-order valence-corrected chi connectivity index (χ2v) is 26.5. The highest BCUT2D eigenvalue weighted by atomic mass is 35.5. The van der Waals surface area contributed by atoms with Crippen molar-refractivity contribution in [1.82, 2.24) is 46.2 Å². The highest BCUT2D eigenvalue weighted by Crippen LogP contribution is 2.26. The summed E-state index contributed by atoms with van der Waals surface area (Å²) in [4.78, 5) is 120. The van der Waals surface area contributed by atoms with Crippen molar-refractivity contribution in [1.29, 1.82) is 0 Å². The maximum absolute atomic E-state index is 14.9. The van der Waals surface area contributed by atoms with Crippen molar-refractivity contribution in [3.05, 3.63) is 183 Å². The Morgan fingerprint density at radius 3 is 1.72 bits per heavy atom. The number of hydrogen-bond donors (Lipinski definition) is 10. The van der Waals surface area contributed by atoms with Gasteiger partial charge in [-0.15, -0.1) is 0 Å². The molecule has 6 aromatic rings. The molecule has 6 rings (SSSR count). The zero-order valence-corrected chi connectivity index (χ0v) is 56.3. The largest absolute Gasteiger partial charge is 0.489 e. The number of sulfonamides is 1. The molecule has 12 N–H and O–H groups in total. The molecule has 0 bridgehead atoms. The molecule has 514 valence electrons. The summed E-state index contributed by atoms with van der Waals surface area (Å²) in [6.45, 7) is 10.3. The summed E-state index contributed by atoms with van der Waals surface area (Å²) in [6.07, 6.45) is 0.182. The van der Waals surface area contributed by atoms with Crippen LogP contribution in [-0.2, 0) is 92.3 Å². The summed E-state index contributed by atoms with van der Waals surface area (Å²) in [7, 11) is -4.19. The van der Waals surface area contributed by atoms with Gasteiger partial charge in [0.25, 0.3) is 10.0 Å². The molecule has 5 aromatic carbocycles. The number of alkyl carbamates (subject to hydrolysis) is 1. The Balaban J connectivity index is 1.28. The van der Waals surface area contributed by atoms with Gasteiger partial charge in [-0.3, -0.25) is 33.8 Å². The van der Waals surface area contributed by atoms with E-state index in [0.29, 0.717) is 44.8 Å². The van der Waals surface area contributed by atoms with Gasteiger partial charge in [0.15, 0.2) is 0 Å². The van der Waals surface area contributed by atoms with Crippen LogP contribution in [0.3, 0.4) is 0 Å². The number of aliphatic carboxylic acids is 1. The number of benzene rings is 5. The number of rotatable bonds is 35. The standard InChI is InChI=1S/C67H82Cl2N12O14S/c1-41(2)31-57(64(88)89)78-61(85)54(33-44-24-26-47(27-25-44)94-38-49-50(68)19-13-20-51(49)69)75-59(83)52(21-14-30-72-65(71)80-96(91,92)48-28-22-42(3)23-29-48)74-63(87)56(35-58(70)82)77-60(84)53(32-43-15-9-7-10-16-43)76-62(86)55(79-66(90)95-67(4,5)6)34-46-36-81(39-73-46)40-93-37-45-17-11-8-12-18-45/h7-13,15-20,22-29,36,39,41,52-57H,14,21,30-35,37-38,40H2,1-6H3,(H2,70,82)(H,74,87)(H,75,83)(H,76,86)(H,77,84)(H,78,85)(H,79,90)(H,88,89)(H3,71,72,80)/t52-,53-,54-,55-,56?,57-/m0/s1. The molecular weight excluding hydrogens is 1300 g/mol. The zero-order chi connectivity index (χ0) is 70.1. The van der Waals surface area contributed by atoms with Crippen molar-refractivity contribution >= 4 is 86.7 Å². The van der Waals surface area contributed by atoms with E-state index in [9.17, 15) is 51.9 Å². The number of carboxylic acid groups (broad SMARTS) is 1. The summed E-state index contributed by atoms with van der Waals surface area (Å²) < 4.78 is 47.4. The number of aliphatic imine (C=N–C) groups is 1. The minimum Gasteiger partial charge on any atom is -0.489 e. The van der Waals surface area contributed by atoms with E-state index < -0.39 is 112 Å². The van der Waals surface area contributed by atoms with E-state index in [0.717, 1.165) is 11.1 Å². The maximum atomic E-state index is 14.9. The Morgan fingerprint density at radius 2 is 1.16 bits per heavy atom. The summed E-state index contributed by atoms with van der Waals surface area (Å²) in [5.41, 5.74) is 14.4. The maximum Gasteiger partial charge on any atom is 0.408 e. The highest BCUT2D eigenvalue weighted by molar-refractivity contribution is 7.90. The number of nitrogens with two attached hydrogens (primary N) is 2. The van der Waals surface area contributed by atoms with Crippen molar-refractivity contribution in [2.24, 2.45) is 22.4 Å². The number of carboxylic acids is 1. The molecule has 29 heteroatoms. The molecule has 0 aliphatic rings. The number of amides is 7. The fraction of sp³-hybridized carbons (Fsp3) is 0.373. The molecule has 1 unspecified atom stereocenters. The highest BCUT2D eigenvalue weighted by Gasteiger charge is 2.35. The minimum atomic E-state index is -4.19. The van der Waals surface area contributed by atoms with Gasteiger partial charge in [0.1, 0.15) is 60.9 Å². The van der Waals surface area contributed by atoms with Crippen LogP contribution in [0.2, 0.25) is 10.0 Å². The van der Waals surface area contributed by atoms with Gasteiger partial charge in [-0.25, -0.2) is 27.7 Å². The second kappa shape index (κ2) is 36.4. The Bertz CT molecular complexity index is 3740. The van der Waals surface area contributed by atoms with Crippen LogP contribution in [0.4, 0.5) is 4.79 Å². The van der Waals surface area contributed by atoms with E-state index in [1.165, 1.54) is 18.5 Å². The number of aryl methyl sites for hydroxylation is 1. The van der Waals surface area contributed by atoms with Crippen molar-refractivity contribution in [3.8, 4) is 5.75 Å². The number of aromatic nitrogens is 2. The normalized spacial score (nSPS) is 13.5. The lowest BCUT2D eigenvalue weighted by Crippen LogP contribution is -2.60. The minimum absolute atomic E-state index is 0.00575. The predicted octanol–water partition coefficient (Wildman–Crippen LogP) is 5.68. The van der Waals surface area contributed by atoms with Crippen LogP contribution in [0.5, 0.6) is 5.75 Å². The summed E-state index contributed by atoms with van der Waals surface area (Å²) in [6, 6.07) is 25.9. The molecule has 1 heterocycles. The molecule has 0 spiro atoms.